The van der Waals surface area contributed by atoms with Gasteiger partial charge >= 0.3 is 0 Å². The predicted molar refractivity (Wildman–Crippen MR) is 150 cm³/mol. The van der Waals surface area contributed by atoms with Gasteiger partial charge in [0.1, 0.15) is 11.8 Å². The largest absolute Gasteiger partial charge is 0.484 e. The average molecular weight is 569 g/mol. The van der Waals surface area contributed by atoms with Crippen molar-refractivity contribution in [1.29, 1.82) is 0 Å². The number of hydrogen-bond acceptors (Lipinski definition) is 9. The number of nitrogens with two attached hydrogens (primary N) is 1. The Morgan fingerprint density at radius 1 is 1.10 bits per heavy atom. The number of para-hydroxylation sites is 1. The van der Waals surface area contributed by atoms with E-state index in [4.69, 9.17) is 15.2 Å². The van der Waals surface area contributed by atoms with Crippen LogP contribution in [-0.4, -0.2) is 65.9 Å². The zero-order valence-corrected chi connectivity index (χ0v) is 23.2. The summed E-state index contributed by atoms with van der Waals surface area (Å²) < 4.78 is 11.0. The Morgan fingerprint density at radius 2 is 1.88 bits per heavy atom. The molecule has 3 amide bonds. The molecular formula is C29H36N4O6S. The maximum atomic E-state index is 13.5. The predicted octanol–water partition coefficient (Wildman–Crippen LogP) is 3.15. The van der Waals surface area contributed by atoms with E-state index in [1.165, 1.54) is 4.90 Å². The molecule has 2 aromatic rings. The van der Waals surface area contributed by atoms with Gasteiger partial charge < -0.3 is 30.5 Å². The summed E-state index contributed by atoms with van der Waals surface area (Å²) >= 11 is 1.65. The highest BCUT2D eigenvalue weighted by Gasteiger charge is 2.42. The second-order valence-corrected chi connectivity index (χ2v) is 11.5. The number of amides is 3. The molecular weight excluding hydrogens is 532 g/mol. The van der Waals surface area contributed by atoms with Gasteiger partial charge in [-0.1, -0.05) is 56.0 Å². The Morgan fingerprint density at radius 3 is 2.62 bits per heavy atom. The number of hydrogen-bond donors (Lipinski definition) is 4. The summed E-state index contributed by atoms with van der Waals surface area (Å²) in [7, 11) is 0. The molecule has 3 atom stereocenters. The van der Waals surface area contributed by atoms with E-state index in [0.29, 0.717) is 18.6 Å². The van der Waals surface area contributed by atoms with Crippen LogP contribution in [0.4, 0.5) is 11.4 Å². The van der Waals surface area contributed by atoms with Crippen LogP contribution in [0.2, 0.25) is 0 Å². The number of imide groups is 1. The van der Waals surface area contributed by atoms with Crippen molar-refractivity contribution in [2.45, 2.75) is 73.1 Å². The van der Waals surface area contributed by atoms with E-state index in [0.717, 1.165) is 53.3 Å². The Bertz CT molecular complexity index is 1240. The summed E-state index contributed by atoms with van der Waals surface area (Å²) in [6.45, 7) is -0.418. The smallest absolute Gasteiger partial charge is 0.264 e. The fourth-order valence-corrected chi connectivity index (χ4v) is 6.70. The lowest BCUT2D eigenvalue weighted by molar-refractivity contribution is -0.153. The first kappa shape index (κ1) is 28.4. The molecule has 40 heavy (non-hydrogen) atoms. The van der Waals surface area contributed by atoms with E-state index in [-0.39, 0.29) is 25.7 Å². The van der Waals surface area contributed by atoms with Gasteiger partial charge in [-0.2, -0.15) is 0 Å². The first-order chi connectivity index (χ1) is 19.4. The number of carbonyl (C=O) groups excluding carboxylic acids is 3. The molecule has 1 saturated carbocycles. The van der Waals surface area contributed by atoms with Crippen LogP contribution < -0.4 is 21.1 Å². The zero-order chi connectivity index (χ0) is 28.1. The molecule has 0 spiro atoms. The van der Waals surface area contributed by atoms with Crippen molar-refractivity contribution in [2.75, 3.05) is 25.1 Å². The lowest BCUT2D eigenvalue weighted by Gasteiger charge is -2.38. The minimum atomic E-state index is -1.21. The van der Waals surface area contributed by atoms with E-state index >= 15 is 0 Å². The minimum Gasteiger partial charge on any atom is -0.484 e. The van der Waals surface area contributed by atoms with Gasteiger partial charge in [0.25, 0.3) is 5.91 Å². The molecule has 5 rings (SSSR count). The van der Waals surface area contributed by atoms with Crippen LogP contribution in [-0.2, 0) is 19.1 Å². The normalized spacial score (nSPS) is 20.9. The number of aliphatic hydroxyl groups is 1. The third kappa shape index (κ3) is 6.60. The van der Waals surface area contributed by atoms with Crippen LogP contribution in [0.5, 0.6) is 5.75 Å². The second kappa shape index (κ2) is 13.0. The van der Waals surface area contributed by atoms with E-state index in [1.54, 1.807) is 17.8 Å². The lowest BCUT2D eigenvalue weighted by atomic mass is 9.84. The van der Waals surface area contributed by atoms with E-state index in [2.05, 4.69) is 10.6 Å². The van der Waals surface area contributed by atoms with Gasteiger partial charge in [0.15, 0.2) is 12.9 Å². The molecule has 2 aliphatic heterocycles. The third-order valence-electron chi connectivity index (χ3n) is 7.73. The third-order valence-corrected chi connectivity index (χ3v) is 8.88. The first-order valence-electron chi connectivity index (χ1n) is 13.9. The Balaban J connectivity index is 1.25. The molecule has 0 radical (unpaired) electrons. The highest BCUT2D eigenvalue weighted by atomic mass is 32.2. The number of carbonyl (C=O) groups is 3. The van der Waals surface area contributed by atoms with Crippen molar-refractivity contribution in [2.24, 2.45) is 11.7 Å². The minimum absolute atomic E-state index is 0.231. The summed E-state index contributed by atoms with van der Waals surface area (Å²) in [4.78, 5) is 42.8. The van der Waals surface area contributed by atoms with Crippen LogP contribution in [0.15, 0.2) is 52.3 Å². The van der Waals surface area contributed by atoms with Crippen molar-refractivity contribution in [3.8, 4) is 5.75 Å². The molecule has 214 valence electrons. The van der Waals surface area contributed by atoms with Gasteiger partial charge in [0.2, 0.25) is 11.8 Å². The van der Waals surface area contributed by atoms with Crippen LogP contribution in [0, 0.1) is 5.92 Å². The lowest BCUT2D eigenvalue weighted by Crippen LogP contribution is -2.58. The molecule has 1 saturated heterocycles. The molecule has 1 aliphatic carbocycles. The summed E-state index contributed by atoms with van der Waals surface area (Å²) in [6.07, 6.45) is 4.73. The molecule has 1 unspecified atom stereocenters. The molecule has 2 fully saturated rings. The molecule has 2 heterocycles. The van der Waals surface area contributed by atoms with Gasteiger partial charge in [0.05, 0.1) is 30.6 Å². The van der Waals surface area contributed by atoms with Crippen LogP contribution >= 0.6 is 11.8 Å². The number of nitrogens with one attached hydrogen (secondary N) is 2. The maximum Gasteiger partial charge on any atom is 0.264 e. The molecule has 11 heteroatoms. The maximum absolute atomic E-state index is 13.5. The standard InChI is InChI=1S/C29H36N4O6S/c30-16-27(35)33(22-12-13-38-29(22)37)23(14-18-6-2-1-3-7-18)28(36)32-26(34)17-39-19-10-11-25-21(15-19)31-20-8-4-5-9-24(20)40-25/h4-5,8-11,15,18,22-23,29,31,37H,1-3,6-7,12-14,16-17,30H2,(H,32,34,36)/t22-,23-,29?/m0/s1. The number of aliphatic hydroxyl groups excluding tert-OH is 1. The van der Waals surface area contributed by atoms with Crippen LogP contribution in [0.25, 0.3) is 0 Å². The summed E-state index contributed by atoms with van der Waals surface area (Å²) in [5.74, 6) is -0.962. The number of benzene rings is 2. The van der Waals surface area contributed by atoms with Gasteiger partial charge in [0, 0.05) is 15.9 Å². The molecule has 0 bridgehead atoms. The zero-order valence-electron chi connectivity index (χ0n) is 22.3. The number of anilines is 2. The van der Waals surface area contributed by atoms with Crippen molar-refractivity contribution in [3.63, 3.8) is 0 Å². The second-order valence-electron chi connectivity index (χ2n) is 10.5. The number of nitrogens with zero attached hydrogens (tertiary/aromatic N) is 1. The molecule has 5 N–H and O–H groups in total. The number of ether oxygens (including phenoxy) is 2. The summed E-state index contributed by atoms with van der Waals surface area (Å²) in [5, 5.41) is 16.2. The monoisotopic (exact) mass is 568 g/mol. The topological polar surface area (TPSA) is 143 Å². The van der Waals surface area contributed by atoms with Crippen LogP contribution in [0.3, 0.4) is 0 Å². The summed E-state index contributed by atoms with van der Waals surface area (Å²) in [5.41, 5.74) is 7.58. The van der Waals surface area contributed by atoms with E-state index < -0.39 is 36.1 Å². The van der Waals surface area contributed by atoms with Crippen molar-refractivity contribution in [3.05, 3.63) is 42.5 Å². The fourth-order valence-electron chi connectivity index (χ4n) is 5.73. The van der Waals surface area contributed by atoms with Gasteiger partial charge in [-0.05, 0) is 43.0 Å². The Labute approximate surface area is 238 Å². The summed E-state index contributed by atoms with van der Waals surface area (Å²) in [6, 6.07) is 11.9. The van der Waals surface area contributed by atoms with Gasteiger partial charge in [-0.15, -0.1) is 0 Å². The van der Waals surface area contributed by atoms with E-state index in [1.807, 2.05) is 36.4 Å². The molecule has 0 aromatic heterocycles. The number of rotatable bonds is 9. The molecule has 2 aromatic carbocycles. The number of fused-ring (bicyclic) bond motifs is 2. The quantitative estimate of drug-likeness (QED) is 0.306. The van der Waals surface area contributed by atoms with Gasteiger partial charge in [-0.3, -0.25) is 19.7 Å². The van der Waals surface area contributed by atoms with Crippen molar-refractivity contribution >= 4 is 40.9 Å². The van der Waals surface area contributed by atoms with Crippen molar-refractivity contribution < 1.29 is 29.0 Å². The highest BCUT2D eigenvalue weighted by Crippen LogP contribution is 2.45. The Kier molecular flexibility index (Phi) is 9.25. The fraction of sp³-hybridized carbons (Fsp3) is 0.483. The molecule has 3 aliphatic rings. The highest BCUT2D eigenvalue weighted by molar-refractivity contribution is 7.99. The van der Waals surface area contributed by atoms with Crippen LogP contribution in [0.1, 0.15) is 44.9 Å². The van der Waals surface area contributed by atoms with Crippen molar-refractivity contribution in [1.82, 2.24) is 10.2 Å². The SMILES string of the molecule is NCC(=O)N([C@@H](CC1CCCCC1)C(=O)NC(=O)COc1ccc2c(c1)Nc1ccccc1S2)[C@H]1CCOC1O. The van der Waals surface area contributed by atoms with Gasteiger partial charge in [-0.25, -0.2) is 0 Å². The molecule has 10 nitrogen and oxygen atoms in total. The average Bonchev–Trinajstić information content (AvgIpc) is 3.39. The van der Waals surface area contributed by atoms with E-state index in [9.17, 15) is 19.5 Å². The first-order valence-corrected chi connectivity index (χ1v) is 14.7. The Hall–Kier alpha value is -3.12.